The number of nitrogens with one attached hydrogen (secondary N) is 1. The van der Waals surface area contributed by atoms with Gasteiger partial charge in [0.25, 0.3) is 0 Å². The molecular weight excluding hydrogens is 514 g/mol. The van der Waals surface area contributed by atoms with Crippen molar-refractivity contribution in [2.45, 2.75) is 0 Å². The van der Waals surface area contributed by atoms with E-state index in [4.69, 9.17) is 20.4 Å². The Morgan fingerprint density at radius 3 is 1.60 bits per heavy atom. The minimum atomic E-state index is 0.630. The summed E-state index contributed by atoms with van der Waals surface area (Å²) in [6.45, 7) is 0. The van der Waals surface area contributed by atoms with Crippen LogP contribution in [0, 0.1) is 0 Å². The van der Waals surface area contributed by atoms with Crippen LogP contribution in [-0.2, 0) is 0 Å². The largest absolute Gasteiger partial charge is 0.456 e. The van der Waals surface area contributed by atoms with Gasteiger partial charge in [0, 0.05) is 32.6 Å². The Hall–Kier alpha value is -4.99. The number of anilines is 2. The predicted molar refractivity (Wildman–Crippen MR) is 168 cm³/mol. The monoisotopic (exact) mass is 535 g/mol. The first-order chi connectivity index (χ1) is 19.8. The molecule has 0 saturated carbocycles. The van der Waals surface area contributed by atoms with Gasteiger partial charge >= 0.3 is 0 Å². The van der Waals surface area contributed by atoms with Gasteiger partial charge in [0.05, 0.1) is 10.7 Å². The third-order valence-electron chi connectivity index (χ3n) is 7.58. The molecule has 0 amide bonds. The van der Waals surface area contributed by atoms with Crippen LogP contribution < -0.4 is 5.32 Å². The molecule has 2 heterocycles. The smallest absolute Gasteiger partial charge is 0.137 e. The van der Waals surface area contributed by atoms with Crippen LogP contribution in [0.1, 0.15) is 0 Å². The first kappa shape index (κ1) is 22.9. The van der Waals surface area contributed by atoms with Gasteiger partial charge in [-0.1, -0.05) is 103 Å². The number of hydrogen-bond donors (Lipinski definition) is 1. The Labute approximate surface area is 234 Å². The zero-order valence-corrected chi connectivity index (χ0v) is 22.1. The van der Waals surface area contributed by atoms with Crippen molar-refractivity contribution in [2.75, 3.05) is 5.32 Å². The normalized spacial score (nSPS) is 11.6. The fraction of sp³-hybridized carbons (Fsp3) is 0. The van der Waals surface area contributed by atoms with Crippen molar-refractivity contribution >= 4 is 88.4 Å². The standard InChI is InChI=1S/C36H22ClNO2/c37-36-29(20-21-33-35(36)27-14-5-8-19-32(27)40-33)38-28-16-9-15-26-24-12-4-7-18-31(24)39-30-17-6-3-11-23(30)22-10-1-2-13-25(22)34(26)28/h1-21,38H. The maximum absolute atomic E-state index is 7.09. The van der Waals surface area contributed by atoms with E-state index in [-0.39, 0.29) is 0 Å². The average Bonchev–Trinajstić information content (AvgIpc) is 3.40. The number of fused-ring (bicyclic) bond motifs is 10. The number of benzene rings is 6. The Bertz CT molecular complexity index is 2330. The molecule has 0 aliphatic carbocycles. The minimum absolute atomic E-state index is 0.630. The zero-order chi connectivity index (χ0) is 26.6. The number of hydrogen-bond acceptors (Lipinski definition) is 3. The molecule has 6 aromatic carbocycles. The van der Waals surface area contributed by atoms with Crippen molar-refractivity contribution in [2.24, 2.45) is 0 Å². The number of rotatable bonds is 2. The molecule has 0 radical (unpaired) electrons. The molecule has 0 unspecified atom stereocenters. The lowest BCUT2D eigenvalue weighted by molar-refractivity contribution is 0.663. The molecule has 0 bridgehead atoms. The van der Waals surface area contributed by atoms with Crippen LogP contribution in [0.3, 0.4) is 0 Å². The molecule has 2 aromatic heterocycles. The van der Waals surface area contributed by atoms with Crippen LogP contribution in [-0.4, -0.2) is 0 Å². The highest BCUT2D eigenvalue weighted by molar-refractivity contribution is 6.40. The molecule has 0 spiro atoms. The molecule has 8 rings (SSSR count). The zero-order valence-electron chi connectivity index (χ0n) is 21.3. The molecule has 40 heavy (non-hydrogen) atoms. The van der Waals surface area contributed by atoms with Crippen LogP contribution in [0.2, 0.25) is 5.02 Å². The van der Waals surface area contributed by atoms with Gasteiger partial charge in [0.15, 0.2) is 0 Å². The molecule has 0 fully saturated rings. The summed E-state index contributed by atoms with van der Waals surface area (Å²) in [6.07, 6.45) is 0. The summed E-state index contributed by atoms with van der Waals surface area (Å²) >= 11 is 7.09. The number of halogens is 1. The summed E-state index contributed by atoms with van der Waals surface area (Å²) in [4.78, 5) is 0. The Balaban J connectivity index is 1.51. The highest BCUT2D eigenvalue weighted by Crippen LogP contribution is 2.41. The second-order valence-corrected chi connectivity index (χ2v) is 10.3. The van der Waals surface area contributed by atoms with Gasteiger partial charge in [0.1, 0.15) is 22.3 Å². The van der Waals surface area contributed by atoms with Crippen LogP contribution in [0.15, 0.2) is 136 Å². The lowest BCUT2D eigenvalue weighted by atomic mass is 9.99. The molecule has 190 valence electrons. The maximum Gasteiger partial charge on any atom is 0.137 e. The van der Waals surface area contributed by atoms with E-state index in [9.17, 15) is 0 Å². The summed E-state index contributed by atoms with van der Waals surface area (Å²) in [5.74, 6) is 0. The maximum atomic E-state index is 7.09. The van der Waals surface area contributed by atoms with Crippen LogP contribution in [0.25, 0.3) is 65.4 Å². The van der Waals surface area contributed by atoms with Crippen molar-refractivity contribution in [3.63, 3.8) is 0 Å². The molecule has 1 N–H and O–H groups in total. The van der Waals surface area contributed by atoms with E-state index in [1.807, 2.05) is 60.7 Å². The van der Waals surface area contributed by atoms with E-state index in [0.29, 0.717) is 5.02 Å². The molecule has 3 nitrogen and oxygen atoms in total. The van der Waals surface area contributed by atoms with E-state index in [1.54, 1.807) is 0 Å². The predicted octanol–water partition coefficient (Wildman–Crippen LogP) is 11.3. The second kappa shape index (κ2) is 9.04. The first-order valence-corrected chi connectivity index (χ1v) is 13.6. The summed E-state index contributed by atoms with van der Waals surface area (Å²) in [6, 6.07) is 43.2. The van der Waals surface area contributed by atoms with Crippen molar-refractivity contribution < 1.29 is 8.83 Å². The van der Waals surface area contributed by atoms with Gasteiger partial charge in [-0.25, -0.2) is 0 Å². The van der Waals surface area contributed by atoms with Gasteiger partial charge in [-0.15, -0.1) is 0 Å². The number of para-hydroxylation sites is 3. The van der Waals surface area contributed by atoms with Crippen LogP contribution in [0.5, 0.6) is 0 Å². The lowest BCUT2D eigenvalue weighted by Crippen LogP contribution is -1.93. The molecule has 4 heteroatoms. The lowest BCUT2D eigenvalue weighted by Gasteiger charge is -2.13. The minimum Gasteiger partial charge on any atom is -0.456 e. The third kappa shape index (κ3) is 3.52. The molecule has 8 aromatic rings. The highest BCUT2D eigenvalue weighted by Gasteiger charge is 2.15. The highest BCUT2D eigenvalue weighted by atomic mass is 35.5. The summed E-state index contributed by atoms with van der Waals surface area (Å²) in [5.41, 5.74) is 4.99. The van der Waals surface area contributed by atoms with Crippen molar-refractivity contribution in [3.05, 3.63) is 132 Å². The Morgan fingerprint density at radius 2 is 0.875 bits per heavy atom. The third-order valence-corrected chi connectivity index (χ3v) is 7.98. The van der Waals surface area contributed by atoms with Gasteiger partial charge < -0.3 is 14.2 Å². The van der Waals surface area contributed by atoms with E-state index in [0.717, 1.165) is 76.8 Å². The fourth-order valence-electron chi connectivity index (χ4n) is 5.80. The van der Waals surface area contributed by atoms with Gasteiger partial charge in [-0.05, 0) is 52.6 Å². The van der Waals surface area contributed by atoms with Crippen LogP contribution >= 0.6 is 11.6 Å². The topological polar surface area (TPSA) is 38.3 Å². The van der Waals surface area contributed by atoms with Crippen molar-refractivity contribution in [3.8, 4) is 0 Å². The second-order valence-electron chi connectivity index (χ2n) is 9.89. The Morgan fingerprint density at radius 1 is 0.375 bits per heavy atom. The van der Waals surface area contributed by atoms with Gasteiger partial charge in [-0.3, -0.25) is 0 Å². The SMILES string of the molecule is Clc1c(Nc2cccc3c4ccccc4oc4ccccc4c4ccccc4c23)ccc2oc3ccccc3c12. The van der Waals surface area contributed by atoms with E-state index in [1.165, 1.54) is 0 Å². The summed E-state index contributed by atoms with van der Waals surface area (Å²) in [7, 11) is 0. The first-order valence-electron chi connectivity index (χ1n) is 13.2. The van der Waals surface area contributed by atoms with Crippen molar-refractivity contribution in [1.82, 2.24) is 0 Å². The van der Waals surface area contributed by atoms with E-state index in [2.05, 4.69) is 72.0 Å². The quantitative estimate of drug-likeness (QED) is 0.239. The fourth-order valence-corrected chi connectivity index (χ4v) is 6.10. The Kier molecular flexibility index (Phi) is 5.19. The van der Waals surface area contributed by atoms with E-state index < -0.39 is 0 Å². The van der Waals surface area contributed by atoms with Crippen LogP contribution in [0.4, 0.5) is 11.4 Å². The van der Waals surface area contributed by atoms with Gasteiger partial charge in [0.2, 0.25) is 0 Å². The molecule has 0 aliphatic rings. The molecular formula is C36H22ClNO2. The van der Waals surface area contributed by atoms with Gasteiger partial charge in [-0.2, -0.15) is 0 Å². The summed E-state index contributed by atoms with van der Waals surface area (Å²) < 4.78 is 12.6. The number of furan rings is 1. The van der Waals surface area contributed by atoms with Crippen molar-refractivity contribution in [1.29, 1.82) is 0 Å². The summed E-state index contributed by atoms with van der Waals surface area (Å²) in [5, 5.41) is 12.7. The molecule has 0 atom stereocenters. The van der Waals surface area contributed by atoms with E-state index >= 15 is 0 Å². The molecule has 0 saturated heterocycles. The average molecular weight is 536 g/mol. The molecule has 0 aliphatic heterocycles.